The Morgan fingerprint density at radius 1 is 1.45 bits per heavy atom. The number of aryl methyl sites for hydroxylation is 1. The van der Waals surface area contributed by atoms with E-state index in [0.29, 0.717) is 18.8 Å². The Bertz CT molecular complexity index is 608. The first-order valence-corrected chi connectivity index (χ1v) is 8.93. The molecule has 1 atom stereocenters. The number of carbonyl (C=O) groups is 1. The van der Waals surface area contributed by atoms with E-state index in [0.717, 1.165) is 24.2 Å². The fourth-order valence-corrected chi connectivity index (χ4v) is 5.10. The number of rotatable bonds is 4. The summed E-state index contributed by atoms with van der Waals surface area (Å²) in [6, 6.07) is -0.793. The minimum Gasteiger partial charge on any atom is -0.341 e. The first-order chi connectivity index (χ1) is 9.31. The van der Waals surface area contributed by atoms with Crippen LogP contribution in [0.1, 0.15) is 25.5 Å². The van der Waals surface area contributed by atoms with E-state index < -0.39 is 16.1 Å². The number of aromatic nitrogens is 1. The highest BCUT2D eigenvalue weighted by molar-refractivity contribution is 7.91. The van der Waals surface area contributed by atoms with Gasteiger partial charge in [0.1, 0.15) is 0 Å². The van der Waals surface area contributed by atoms with Crippen molar-refractivity contribution >= 4 is 38.9 Å². The van der Waals surface area contributed by atoms with Crippen LogP contribution in [0.15, 0.2) is 4.21 Å². The SMILES string of the molecule is Cc1nc(Cl)sc1S(=O)(=O)NC(C)C(=O)N1CCCC1. The van der Waals surface area contributed by atoms with Crippen molar-refractivity contribution in [3.8, 4) is 0 Å². The van der Waals surface area contributed by atoms with Gasteiger partial charge in [-0.3, -0.25) is 4.79 Å². The van der Waals surface area contributed by atoms with Crippen LogP contribution in [-0.2, 0) is 14.8 Å². The van der Waals surface area contributed by atoms with E-state index in [4.69, 9.17) is 11.6 Å². The molecule has 1 aromatic rings. The highest BCUT2D eigenvalue weighted by atomic mass is 35.5. The van der Waals surface area contributed by atoms with Crippen LogP contribution in [0, 0.1) is 6.92 Å². The highest BCUT2D eigenvalue weighted by Crippen LogP contribution is 2.26. The zero-order chi connectivity index (χ0) is 14.9. The van der Waals surface area contributed by atoms with Crippen molar-refractivity contribution in [2.45, 2.75) is 36.9 Å². The molecule has 1 aliphatic rings. The molecule has 112 valence electrons. The second-order valence-electron chi connectivity index (χ2n) is 4.72. The summed E-state index contributed by atoms with van der Waals surface area (Å²) >= 11 is 6.60. The lowest BCUT2D eigenvalue weighted by atomic mass is 10.3. The van der Waals surface area contributed by atoms with Crippen molar-refractivity contribution in [1.29, 1.82) is 0 Å². The number of thiazole rings is 1. The molecule has 0 saturated carbocycles. The Hall–Kier alpha value is -0.700. The van der Waals surface area contributed by atoms with E-state index >= 15 is 0 Å². The molecule has 0 aromatic carbocycles. The van der Waals surface area contributed by atoms with Crippen molar-refractivity contribution in [2.24, 2.45) is 0 Å². The summed E-state index contributed by atoms with van der Waals surface area (Å²) in [5, 5.41) is 0. The summed E-state index contributed by atoms with van der Waals surface area (Å²) in [5.74, 6) is -0.195. The van der Waals surface area contributed by atoms with Gasteiger partial charge < -0.3 is 4.90 Å². The zero-order valence-electron chi connectivity index (χ0n) is 11.2. The number of nitrogens with one attached hydrogen (secondary N) is 1. The Morgan fingerprint density at radius 3 is 2.55 bits per heavy atom. The largest absolute Gasteiger partial charge is 0.341 e. The lowest BCUT2D eigenvalue weighted by molar-refractivity contribution is -0.131. The maximum atomic E-state index is 12.2. The number of sulfonamides is 1. The third-order valence-electron chi connectivity index (χ3n) is 3.09. The Kier molecular flexibility index (Phi) is 4.68. The molecule has 1 N–H and O–H groups in total. The summed E-state index contributed by atoms with van der Waals surface area (Å²) in [6.07, 6.45) is 1.93. The van der Waals surface area contributed by atoms with Crippen molar-refractivity contribution in [2.75, 3.05) is 13.1 Å². The standard InChI is InChI=1S/C11H16ClN3O3S2/c1-7(9(16)15-5-3-4-6-15)14-20(17,18)10-8(2)13-11(12)19-10/h7,14H,3-6H2,1-2H3. The number of likely N-dealkylation sites (tertiary alicyclic amines) is 1. The van der Waals surface area contributed by atoms with Gasteiger partial charge >= 0.3 is 0 Å². The average Bonchev–Trinajstić information content (AvgIpc) is 2.97. The maximum Gasteiger partial charge on any atom is 0.252 e. The molecule has 1 amide bonds. The number of halogens is 1. The van der Waals surface area contributed by atoms with Gasteiger partial charge in [-0.2, -0.15) is 4.72 Å². The normalized spacial score (nSPS) is 17.4. The molecule has 0 bridgehead atoms. The lowest BCUT2D eigenvalue weighted by Crippen LogP contribution is -2.45. The molecular formula is C11H16ClN3O3S2. The van der Waals surface area contributed by atoms with E-state index in [-0.39, 0.29) is 14.6 Å². The van der Waals surface area contributed by atoms with E-state index in [1.165, 1.54) is 0 Å². The molecule has 1 unspecified atom stereocenters. The van der Waals surface area contributed by atoms with E-state index in [2.05, 4.69) is 9.71 Å². The van der Waals surface area contributed by atoms with E-state index in [1.807, 2.05) is 0 Å². The Balaban J connectivity index is 2.11. The maximum absolute atomic E-state index is 12.2. The topological polar surface area (TPSA) is 79.4 Å². The molecular weight excluding hydrogens is 322 g/mol. The number of hydrogen-bond acceptors (Lipinski definition) is 5. The van der Waals surface area contributed by atoms with Crippen LogP contribution in [0.2, 0.25) is 4.47 Å². The summed E-state index contributed by atoms with van der Waals surface area (Å²) < 4.78 is 27.1. The summed E-state index contributed by atoms with van der Waals surface area (Å²) in [5.41, 5.74) is 0.341. The third kappa shape index (κ3) is 3.30. The van der Waals surface area contributed by atoms with Gasteiger partial charge in [-0.15, -0.1) is 0 Å². The van der Waals surface area contributed by atoms with Gasteiger partial charge in [0, 0.05) is 13.1 Å². The smallest absolute Gasteiger partial charge is 0.252 e. The molecule has 9 heteroatoms. The number of nitrogens with zero attached hydrogens (tertiary/aromatic N) is 2. The Morgan fingerprint density at radius 2 is 2.05 bits per heavy atom. The first kappa shape index (κ1) is 15.7. The molecule has 20 heavy (non-hydrogen) atoms. The minimum atomic E-state index is -3.77. The minimum absolute atomic E-state index is 0.0589. The van der Waals surface area contributed by atoms with Gasteiger partial charge in [-0.05, 0) is 26.7 Å². The third-order valence-corrected chi connectivity index (χ3v) is 6.50. The fourth-order valence-electron chi connectivity index (χ4n) is 2.15. The van der Waals surface area contributed by atoms with Crippen molar-refractivity contribution in [3.63, 3.8) is 0 Å². The predicted molar refractivity (Wildman–Crippen MR) is 77.5 cm³/mol. The van der Waals surface area contributed by atoms with Crippen molar-refractivity contribution in [3.05, 3.63) is 10.2 Å². The average molecular weight is 338 g/mol. The summed E-state index contributed by atoms with van der Waals surface area (Å²) in [7, 11) is -3.77. The molecule has 6 nitrogen and oxygen atoms in total. The first-order valence-electron chi connectivity index (χ1n) is 6.25. The monoisotopic (exact) mass is 337 g/mol. The molecule has 2 heterocycles. The second-order valence-corrected chi connectivity index (χ2v) is 8.21. The number of amides is 1. The highest BCUT2D eigenvalue weighted by Gasteiger charge is 2.29. The van der Waals surface area contributed by atoms with Gasteiger partial charge in [-0.1, -0.05) is 22.9 Å². The lowest BCUT2D eigenvalue weighted by Gasteiger charge is -2.20. The summed E-state index contributed by atoms with van der Waals surface area (Å²) in [6.45, 7) is 4.51. The van der Waals surface area contributed by atoms with Gasteiger partial charge in [-0.25, -0.2) is 13.4 Å². The van der Waals surface area contributed by atoms with E-state index in [1.54, 1.807) is 18.7 Å². The zero-order valence-corrected chi connectivity index (χ0v) is 13.6. The predicted octanol–water partition coefficient (Wildman–Crippen LogP) is 1.39. The van der Waals surface area contributed by atoms with Crippen LogP contribution in [0.5, 0.6) is 0 Å². The Labute approximate surface area is 127 Å². The summed E-state index contributed by atoms with van der Waals surface area (Å²) in [4.78, 5) is 17.7. The van der Waals surface area contributed by atoms with Gasteiger partial charge in [0.05, 0.1) is 11.7 Å². The molecule has 0 radical (unpaired) electrons. The van der Waals surface area contributed by atoms with Crippen LogP contribution >= 0.6 is 22.9 Å². The molecule has 1 aromatic heterocycles. The second kappa shape index (κ2) is 5.97. The van der Waals surface area contributed by atoms with Gasteiger partial charge in [0.25, 0.3) is 10.0 Å². The van der Waals surface area contributed by atoms with Crippen LogP contribution in [0.25, 0.3) is 0 Å². The quantitative estimate of drug-likeness (QED) is 0.900. The van der Waals surface area contributed by atoms with Gasteiger partial charge in [0.2, 0.25) is 5.91 Å². The van der Waals surface area contributed by atoms with Crippen LogP contribution in [0.4, 0.5) is 0 Å². The van der Waals surface area contributed by atoms with E-state index in [9.17, 15) is 13.2 Å². The van der Waals surface area contributed by atoms with Crippen LogP contribution in [0.3, 0.4) is 0 Å². The molecule has 1 aliphatic heterocycles. The number of hydrogen-bond donors (Lipinski definition) is 1. The molecule has 1 fully saturated rings. The number of carbonyl (C=O) groups excluding carboxylic acids is 1. The molecule has 0 aliphatic carbocycles. The molecule has 1 saturated heterocycles. The van der Waals surface area contributed by atoms with Crippen LogP contribution < -0.4 is 4.72 Å². The van der Waals surface area contributed by atoms with Crippen LogP contribution in [-0.4, -0.2) is 43.3 Å². The van der Waals surface area contributed by atoms with Crippen molar-refractivity contribution < 1.29 is 13.2 Å². The molecule has 2 rings (SSSR count). The fraction of sp³-hybridized carbons (Fsp3) is 0.636. The van der Waals surface area contributed by atoms with Crippen molar-refractivity contribution in [1.82, 2.24) is 14.6 Å². The molecule has 0 spiro atoms. The van der Waals surface area contributed by atoms with Gasteiger partial charge in [0.15, 0.2) is 8.68 Å².